The molecule has 10 heteroatoms. The van der Waals surface area contributed by atoms with Crippen LogP contribution in [-0.4, -0.2) is 73.3 Å². The number of amides is 2. The van der Waals surface area contributed by atoms with Gasteiger partial charge in [-0.1, -0.05) is 27.4 Å². The molecule has 1 aliphatic carbocycles. The van der Waals surface area contributed by atoms with E-state index in [2.05, 4.69) is 22.2 Å². The number of fused-ring (bicyclic) bond motifs is 3. The van der Waals surface area contributed by atoms with Gasteiger partial charge in [-0.25, -0.2) is 14.6 Å². The van der Waals surface area contributed by atoms with E-state index in [0.717, 1.165) is 6.42 Å². The summed E-state index contributed by atoms with van der Waals surface area (Å²) in [6.45, 7) is 11.9. The zero-order valence-corrected chi connectivity index (χ0v) is 19.9. The lowest BCUT2D eigenvalue weighted by Gasteiger charge is -2.34. The molecule has 0 aromatic rings. The third kappa shape index (κ3) is 6.27. The molecule has 1 saturated heterocycles. The normalized spacial score (nSPS) is 33.6. The maximum absolute atomic E-state index is 13.6. The van der Waals surface area contributed by atoms with Crippen molar-refractivity contribution in [2.24, 2.45) is 16.3 Å². The second-order valence-corrected chi connectivity index (χ2v) is 9.75. The fraction of sp³-hybridized carbons (Fsp3) is 0.652. The maximum atomic E-state index is 13.6. The number of hydrogen-bond donors (Lipinski definition) is 2. The van der Waals surface area contributed by atoms with Gasteiger partial charge >= 0.3 is 12.1 Å². The fourth-order valence-corrected chi connectivity index (χ4v) is 4.05. The summed E-state index contributed by atoms with van der Waals surface area (Å²) in [5.74, 6) is -0.361. The zero-order valence-electron chi connectivity index (χ0n) is 19.9. The molecule has 2 amide bonds. The van der Waals surface area contributed by atoms with E-state index >= 15 is 0 Å². The Labute approximate surface area is 194 Å². The van der Waals surface area contributed by atoms with Crippen molar-refractivity contribution in [1.29, 1.82) is 0 Å². The SMILES string of the molecule is C=C1/C=C\NCC2CC2OC(=O)N[C@@H](C(C)(C)C)C(=O)N2C[C@@H](C[C@H]2C(=O)OC)O/C(C)=N/1. The van der Waals surface area contributed by atoms with Gasteiger partial charge in [-0.2, -0.15) is 0 Å². The number of rotatable bonds is 1. The Balaban J connectivity index is 1.88. The number of ether oxygens (including phenoxy) is 3. The second-order valence-electron chi connectivity index (χ2n) is 9.75. The minimum absolute atomic E-state index is 0.156. The Hall–Kier alpha value is -3.04. The van der Waals surface area contributed by atoms with Crippen LogP contribution in [0.2, 0.25) is 0 Å². The number of hydrogen-bond acceptors (Lipinski definition) is 8. The molecule has 5 atom stereocenters. The summed E-state index contributed by atoms with van der Waals surface area (Å²) in [5, 5.41) is 5.88. The van der Waals surface area contributed by atoms with Crippen molar-refractivity contribution >= 4 is 23.9 Å². The number of methoxy groups -OCH3 is 1. The Kier molecular flexibility index (Phi) is 7.34. The van der Waals surface area contributed by atoms with Crippen molar-refractivity contribution in [2.75, 3.05) is 20.2 Å². The lowest BCUT2D eigenvalue weighted by molar-refractivity contribution is -0.152. The molecular formula is C23H34N4O6. The summed E-state index contributed by atoms with van der Waals surface area (Å²) in [6, 6.07) is -1.73. The Morgan fingerprint density at radius 1 is 1.27 bits per heavy atom. The van der Waals surface area contributed by atoms with Gasteiger partial charge in [0.2, 0.25) is 5.91 Å². The summed E-state index contributed by atoms with van der Waals surface area (Å²) in [6.07, 6.45) is 3.14. The van der Waals surface area contributed by atoms with Crippen LogP contribution in [0, 0.1) is 11.3 Å². The first-order valence-corrected chi connectivity index (χ1v) is 11.2. The number of esters is 1. The minimum atomic E-state index is -0.900. The summed E-state index contributed by atoms with van der Waals surface area (Å²) in [4.78, 5) is 44.4. The van der Waals surface area contributed by atoms with Gasteiger partial charge in [0.25, 0.3) is 0 Å². The molecule has 182 valence electrons. The number of nitrogens with zero attached hydrogens (tertiary/aromatic N) is 2. The molecule has 1 saturated carbocycles. The minimum Gasteiger partial charge on any atom is -0.476 e. The molecule has 2 fully saturated rings. The molecule has 33 heavy (non-hydrogen) atoms. The van der Waals surface area contributed by atoms with Crippen LogP contribution in [0.4, 0.5) is 4.79 Å². The average Bonchev–Trinajstić information content (AvgIpc) is 3.31. The van der Waals surface area contributed by atoms with E-state index in [9.17, 15) is 14.4 Å². The molecule has 2 heterocycles. The molecular weight excluding hydrogens is 428 g/mol. The van der Waals surface area contributed by atoms with E-state index in [1.807, 2.05) is 20.8 Å². The van der Waals surface area contributed by atoms with Crippen LogP contribution in [-0.2, 0) is 23.8 Å². The van der Waals surface area contributed by atoms with E-state index in [-0.39, 0.29) is 25.0 Å². The molecule has 10 nitrogen and oxygen atoms in total. The number of alkyl carbamates (subject to hydrolysis) is 1. The highest BCUT2D eigenvalue weighted by Crippen LogP contribution is 2.34. The van der Waals surface area contributed by atoms with Gasteiger partial charge in [-0.15, -0.1) is 0 Å². The van der Waals surface area contributed by atoms with Gasteiger partial charge in [-0.05, 0) is 24.1 Å². The molecule has 3 rings (SSSR count). The summed E-state index contributed by atoms with van der Waals surface area (Å²) >= 11 is 0. The van der Waals surface area contributed by atoms with Crippen molar-refractivity contribution in [2.45, 2.75) is 64.8 Å². The highest BCUT2D eigenvalue weighted by Gasteiger charge is 2.47. The Morgan fingerprint density at radius 3 is 2.67 bits per heavy atom. The van der Waals surface area contributed by atoms with Gasteiger partial charge < -0.3 is 29.7 Å². The van der Waals surface area contributed by atoms with Gasteiger partial charge in [0.1, 0.15) is 24.3 Å². The summed E-state index contributed by atoms with van der Waals surface area (Å²) in [7, 11) is 1.28. The lowest BCUT2D eigenvalue weighted by atomic mass is 9.85. The first-order valence-electron chi connectivity index (χ1n) is 11.2. The number of carbonyl (C=O) groups excluding carboxylic acids is 3. The highest BCUT2D eigenvalue weighted by molar-refractivity contribution is 5.91. The van der Waals surface area contributed by atoms with Gasteiger partial charge in [0, 0.05) is 25.8 Å². The smallest absolute Gasteiger partial charge is 0.408 e. The zero-order chi connectivity index (χ0) is 24.3. The van der Waals surface area contributed by atoms with Crippen molar-refractivity contribution in [1.82, 2.24) is 15.5 Å². The maximum Gasteiger partial charge on any atom is 0.408 e. The van der Waals surface area contributed by atoms with Crippen molar-refractivity contribution < 1.29 is 28.6 Å². The molecule has 0 aromatic heterocycles. The van der Waals surface area contributed by atoms with Gasteiger partial charge in [0.15, 0.2) is 5.90 Å². The predicted molar refractivity (Wildman–Crippen MR) is 121 cm³/mol. The first-order chi connectivity index (χ1) is 15.5. The monoisotopic (exact) mass is 462 g/mol. The topological polar surface area (TPSA) is 119 Å². The van der Waals surface area contributed by atoms with Crippen LogP contribution in [0.5, 0.6) is 0 Å². The van der Waals surface area contributed by atoms with Crippen LogP contribution in [0.25, 0.3) is 0 Å². The van der Waals surface area contributed by atoms with Crippen LogP contribution < -0.4 is 10.6 Å². The summed E-state index contributed by atoms with van der Waals surface area (Å²) in [5.41, 5.74) is -0.131. The second kappa shape index (κ2) is 9.84. The summed E-state index contributed by atoms with van der Waals surface area (Å²) < 4.78 is 16.4. The van der Waals surface area contributed by atoms with E-state index in [1.54, 1.807) is 19.2 Å². The lowest BCUT2D eigenvalue weighted by Crippen LogP contribution is -2.57. The van der Waals surface area contributed by atoms with Crippen LogP contribution >= 0.6 is 0 Å². The average molecular weight is 463 g/mol. The predicted octanol–water partition coefficient (Wildman–Crippen LogP) is 1.72. The molecule has 2 N–H and O–H groups in total. The van der Waals surface area contributed by atoms with Crippen LogP contribution in [0.3, 0.4) is 0 Å². The fourth-order valence-electron chi connectivity index (χ4n) is 4.05. The van der Waals surface area contributed by atoms with Gasteiger partial charge in [0.05, 0.1) is 19.4 Å². The van der Waals surface area contributed by atoms with Crippen LogP contribution in [0.1, 0.15) is 40.5 Å². The number of aliphatic imine (C=N–C) groups is 1. The van der Waals surface area contributed by atoms with Crippen molar-refractivity contribution in [3.8, 4) is 0 Å². The number of allylic oxidation sites excluding steroid dienone is 1. The van der Waals surface area contributed by atoms with E-state index in [0.29, 0.717) is 18.1 Å². The largest absolute Gasteiger partial charge is 0.476 e. The van der Waals surface area contributed by atoms with E-state index in [4.69, 9.17) is 14.2 Å². The third-order valence-corrected chi connectivity index (χ3v) is 5.92. The number of carbonyl (C=O) groups is 3. The standard InChI is InChI=1S/C23H34N4O6/c1-13-7-8-24-11-15-9-18(15)33-22(30)26-19(23(3,4)5)20(28)27-12-16(32-14(2)25-13)10-17(27)21(29)31-6/h7-8,15-19,24H,1,9-12H2,2-6H3,(H,26,30)/b8-7-,25-14+/t15?,16-,17+,18?,19-/m1/s1. The highest BCUT2D eigenvalue weighted by atomic mass is 16.6. The van der Waals surface area contributed by atoms with E-state index in [1.165, 1.54) is 12.0 Å². The molecule has 2 aliphatic heterocycles. The van der Waals surface area contributed by atoms with Crippen LogP contribution in [0.15, 0.2) is 29.5 Å². The van der Waals surface area contributed by atoms with Crippen molar-refractivity contribution in [3.05, 3.63) is 24.6 Å². The molecule has 3 aliphatic rings. The Bertz CT molecular complexity index is 862. The van der Waals surface area contributed by atoms with E-state index < -0.39 is 41.6 Å². The molecule has 0 spiro atoms. The Morgan fingerprint density at radius 2 is 2.00 bits per heavy atom. The van der Waals surface area contributed by atoms with Crippen molar-refractivity contribution in [3.63, 3.8) is 0 Å². The molecule has 2 unspecified atom stereocenters. The first kappa shape index (κ1) is 24.6. The molecule has 0 radical (unpaired) electrons. The third-order valence-electron chi connectivity index (χ3n) is 5.92. The van der Waals surface area contributed by atoms with Gasteiger partial charge in [-0.3, -0.25) is 4.79 Å². The molecule has 2 bridgehead atoms. The quantitative estimate of drug-likeness (QED) is 0.570. The number of nitrogens with one attached hydrogen (secondary N) is 2. The molecule has 0 aromatic carbocycles.